The molecule has 3 unspecified atom stereocenters. The molecule has 4 N–H and O–H groups in total. The molecule has 61 heavy (non-hydrogen) atoms. The number of H-pyrrole nitrogens is 2. The van der Waals surface area contributed by atoms with Crippen molar-refractivity contribution >= 4 is 34.8 Å². The Bertz CT molecular complexity index is 2470. The Kier molecular flexibility index (Phi) is 11.5. The summed E-state index contributed by atoms with van der Waals surface area (Å²) in [6.07, 6.45) is 5.58. The average Bonchev–Trinajstić information content (AvgIpc) is 4.10. The first-order valence-corrected chi connectivity index (χ1v) is 21.2. The van der Waals surface area contributed by atoms with Crippen molar-refractivity contribution in [3.8, 4) is 34.0 Å². The number of carbonyl (C=O) groups excluding carboxylic acids is 4. The van der Waals surface area contributed by atoms with Crippen LogP contribution in [0, 0.1) is 11.8 Å². The molecule has 5 heterocycles. The SMILES string of the molecule is COC(=O)NC(C(=O)N1CCC[C@H]1c1ncc(-c2ccc3c(c2)Oc2ccc4cc(-c5cnc([C@@H]6CCCN6C(=O)C(NC(=O)OC)C(C)C)[nH]5)ccc4c2C3C)[nH]1)C(C)C. The molecule has 5 aromatic rings. The number of nitrogens with zero attached hydrogens (tertiary/aromatic N) is 4. The summed E-state index contributed by atoms with van der Waals surface area (Å²) < 4.78 is 16.2. The maximum Gasteiger partial charge on any atom is 0.407 e. The third-order valence-corrected chi connectivity index (χ3v) is 12.5. The molecule has 3 aliphatic heterocycles. The Balaban J connectivity index is 0.987. The van der Waals surface area contributed by atoms with E-state index in [-0.39, 0.29) is 41.7 Å². The monoisotopic (exact) mass is 830 g/mol. The van der Waals surface area contributed by atoms with Gasteiger partial charge in [0, 0.05) is 41.3 Å². The predicted molar refractivity (Wildman–Crippen MR) is 229 cm³/mol. The minimum atomic E-state index is -0.703. The molecule has 15 nitrogen and oxygen atoms in total. The van der Waals surface area contributed by atoms with Crippen LogP contribution in [0.1, 0.15) is 101 Å². The van der Waals surface area contributed by atoms with Crippen molar-refractivity contribution in [3.05, 3.63) is 83.7 Å². The number of rotatable bonds is 10. The lowest BCUT2D eigenvalue weighted by Gasteiger charge is -2.30. The van der Waals surface area contributed by atoms with Crippen LogP contribution in [-0.2, 0) is 19.1 Å². The van der Waals surface area contributed by atoms with Gasteiger partial charge in [0.25, 0.3) is 0 Å². The molecule has 0 saturated carbocycles. The summed E-state index contributed by atoms with van der Waals surface area (Å²) in [5, 5.41) is 7.59. The number of ether oxygens (including phenoxy) is 3. The van der Waals surface area contributed by atoms with Gasteiger partial charge in [-0.05, 0) is 66.5 Å². The summed E-state index contributed by atoms with van der Waals surface area (Å²) in [6.45, 7) is 11.0. The van der Waals surface area contributed by atoms with Crippen molar-refractivity contribution in [3.63, 3.8) is 0 Å². The van der Waals surface area contributed by atoms with Crippen molar-refractivity contribution in [2.45, 2.75) is 90.4 Å². The number of hydrogen-bond donors (Lipinski definition) is 4. The van der Waals surface area contributed by atoms with Crippen LogP contribution in [0.15, 0.2) is 60.9 Å². The van der Waals surface area contributed by atoms with Gasteiger partial charge in [-0.25, -0.2) is 19.6 Å². The van der Waals surface area contributed by atoms with E-state index in [4.69, 9.17) is 24.2 Å². The lowest BCUT2D eigenvalue weighted by Crippen LogP contribution is -2.51. The van der Waals surface area contributed by atoms with Crippen molar-refractivity contribution in [1.82, 2.24) is 40.4 Å². The number of imidazole rings is 2. The molecule has 8 rings (SSSR count). The van der Waals surface area contributed by atoms with Crippen LogP contribution in [-0.4, -0.2) is 93.1 Å². The van der Waals surface area contributed by atoms with Crippen LogP contribution in [0.25, 0.3) is 33.3 Å². The van der Waals surface area contributed by atoms with E-state index < -0.39 is 24.3 Å². The topological polar surface area (TPSA) is 184 Å². The van der Waals surface area contributed by atoms with Gasteiger partial charge >= 0.3 is 12.2 Å². The average molecular weight is 831 g/mol. The van der Waals surface area contributed by atoms with Gasteiger partial charge in [0.2, 0.25) is 11.8 Å². The number of fused-ring (bicyclic) bond motifs is 4. The molecular formula is C46H54N8O7. The predicted octanol–water partition coefficient (Wildman–Crippen LogP) is 7.97. The zero-order valence-electron chi connectivity index (χ0n) is 35.7. The number of methoxy groups -OCH3 is 2. The molecule has 2 fully saturated rings. The van der Waals surface area contributed by atoms with Crippen molar-refractivity contribution < 1.29 is 33.4 Å². The molecule has 2 saturated heterocycles. The molecule has 0 aliphatic carbocycles. The van der Waals surface area contributed by atoms with Crippen LogP contribution < -0.4 is 15.4 Å². The number of alkyl carbamates (subject to hydrolysis) is 2. The van der Waals surface area contributed by atoms with Gasteiger partial charge in [-0.2, -0.15) is 0 Å². The van der Waals surface area contributed by atoms with E-state index >= 15 is 0 Å². The van der Waals surface area contributed by atoms with Crippen LogP contribution in [0.3, 0.4) is 0 Å². The minimum Gasteiger partial charge on any atom is -0.457 e. The Morgan fingerprint density at radius 2 is 1.25 bits per heavy atom. The third kappa shape index (κ3) is 7.88. The summed E-state index contributed by atoms with van der Waals surface area (Å²) in [6, 6.07) is 14.8. The molecule has 3 aliphatic rings. The summed E-state index contributed by atoms with van der Waals surface area (Å²) in [7, 11) is 2.58. The molecule has 4 amide bonds. The first kappa shape index (κ1) is 41.4. The van der Waals surface area contributed by atoms with Gasteiger partial charge < -0.3 is 44.6 Å². The van der Waals surface area contributed by atoms with Crippen LogP contribution in [0.5, 0.6) is 11.5 Å². The first-order chi connectivity index (χ1) is 29.4. The second-order valence-corrected chi connectivity index (χ2v) is 16.9. The Hall–Kier alpha value is -6.38. The molecule has 320 valence electrons. The number of hydrogen-bond acceptors (Lipinski definition) is 9. The Morgan fingerprint density at radius 1 is 0.721 bits per heavy atom. The van der Waals surface area contributed by atoms with Gasteiger partial charge in [-0.1, -0.05) is 65.0 Å². The second kappa shape index (κ2) is 16.9. The van der Waals surface area contributed by atoms with Crippen molar-refractivity contribution in [2.24, 2.45) is 11.8 Å². The van der Waals surface area contributed by atoms with Gasteiger partial charge in [-0.15, -0.1) is 0 Å². The quantitative estimate of drug-likeness (QED) is 0.108. The zero-order valence-corrected chi connectivity index (χ0v) is 35.7. The largest absolute Gasteiger partial charge is 0.457 e. The molecule has 2 aromatic heterocycles. The van der Waals surface area contributed by atoms with Gasteiger partial charge in [-0.3, -0.25) is 9.59 Å². The third-order valence-electron chi connectivity index (χ3n) is 12.5. The number of aromatic nitrogens is 4. The van der Waals surface area contributed by atoms with E-state index in [0.29, 0.717) is 18.9 Å². The smallest absolute Gasteiger partial charge is 0.407 e. The highest BCUT2D eigenvalue weighted by molar-refractivity contribution is 5.93. The van der Waals surface area contributed by atoms with E-state index in [9.17, 15) is 19.2 Å². The van der Waals surface area contributed by atoms with Crippen molar-refractivity contribution in [2.75, 3.05) is 27.3 Å². The molecule has 0 radical (unpaired) electrons. The van der Waals surface area contributed by atoms with Crippen LogP contribution >= 0.6 is 0 Å². The Labute approximate surface area is 354 Å². The van der Waals surface area contributed by atoms with Crippen molar-refractivity contribution in [1.29, 1.82) is 0 Å². The lowest BCUT2D eigenvalue weighted by molar-refractivity contribution is -0.136. The zero-order chi connectivity index (χ0) is 43.1. The number of amides is 4. The molecule has 0 bridgehead atoms. The highest BCUT2D eigenvalue weighted by atomic mass is 16.5. The summed E-state index contributed by atoms with van der Waals surface area (Å²) in [5.41, 5.74) is 5.77. The fourth-order valence-electron chi connectivity index (χ4n) is 9.15. The summed E-state index contributed by atoms with van der Waals surface area (Å²) in [4.78, 5) is 71.4. The fraction of sp³-hybridized carbons (Fsp3) is 0.435. The van der Waals surface area contributed by atoms with Gasteiger partial charge in [0.15, 0.2) is 0 Å². The highest BCUT2D eigenvalue weighted by Gasteiger charge is 2.39. The lowest BCUT2D eigenvalue weighted by atomic mass is 9.85. The van der Waals surface area contributed by atoms with Crippen LogP contribution in [0.4, 0.5) is 9.59 Å². The molecule has 0 spiro atoms. The number of nitrogens with one attached hydrogen (secondary N) is 4. The van der Waals surface area contributed by atoms with E-state index in [2.05, 4.69) is 63.9 Å². The second-order valence-electron chi connectivity index (χ2n) is 16.9. The number of benzene rings is 3. The maximum absolute atomic E-state index is 13.7. The maximum atomic E-state index is 13.7. The van der Waals surface area contributed by atoms with E-state index in [1.54, 1.807) is 6.20 Å². The first-order valence-electron chi connectivity index (χ1n) is 21.2. The standard InChI is InChI=1S/C46H54N8O7/c1-24(2)39(51-45(57)59-6)43(55)53-18-8-10-34(53)41-47-22-32(49-41)28-13-16-31-27(20-28)14-17-36-38(31)26(5)30-15-12-29(21-37(30)61-36)33-23-48-42(50-33)35-11-9-19-54(35)44(56)40(25(3)4)52-46(58)60-7/h12-17,20-26,34-35,39-40H,8-11,18-19H2,1-7H3,(H,47,49)(H,48,50)(H,51,57)(H,52,58)/t26?,34-,35-,39?,40?/m0/s1. The molecule has 5 atom stereocenters. The molecule has 3 aromatic carbocycles. The van der Waals surface area contributed by atoms with Gasteiger partial charge in [0.1, 0.15) is 35.2 Å². The van der Waals surface area contributed by atoms with E-state index in [1.165, 1.54) is 14.2 Å². The normalized spacial score (nSPS) is 19.3. The Morgan fingerprint density at radius 3 is 1.77 bits per heavy atom. The molecular weight excluding hydrogens is 777 g/mol. The van der Waals surface area contributed by atoms with E-state index in [0.717, 1.165) is 87.4 Å². The minimum absolute atomic E-state index is 0.0539. The van der Waals surface area contributed by atoms with Gasteiger partial charge in [0.05, 0.1) is 50.1 Å². The number of likely N-dealkylation sites (tertiary alicyclic amines) is 2. The highest BCUT2D eigenvalue weighted by Crippen LogP contribution is 2.48. The summed E-state index contributed by atoms with van der Waals surface area (Å²) in [5.74, 6) is 2.54. The number of aromatic amines is 2. The van der Waals surface area contributed by atoms with E-state index in [1.807, 2.05) is 55.8 Å². The molecule has 15 heteroatoms. The number of carbonyl (C=O) groups is 4. The summed E-state index contributed by atoms with van der Waals surface area (Å²) >= 11 is 0. The van der Waals surface area contributed by atoms with Crippen LogP contribution in [0.2, 0.25) is 0 Å². The fourth-order valence-corrected chi connectivity index (χ4v) is 9.15.